The quantitative estimate of drug-likeness (QED) is 0.852. The molecule has 2 rings (SSSR count). The van der Waals surface area contributed by atoms with Crippen LogP contribution >= 0.6 is 0 Å². The second kappa shape index (κ2) is 6.41. The molecule has 0 saturated carbocycles. The maximum atomic E-state index is 12.7. The zero-order valence-corrected chi connectivity index (χ0v) is 12.8. The summed E-state index contributed by atoms with van der Waals surface area (Å²) in [6.45, 7) is 3.46. The van der Waals surface area contributed by atoms with Gasteiger partial charge in [-0.2, -0.15) is 17.0 Å². The predicted molar refractivity (Wildman–Crippen MR) is 75.5 cm³/mol. The summed E-state index contributed by atoms with van der Waals surface area (Å²) in [5, 5.41) is 9.31. The van der Waals surface area contributed by atoms with Gasteiger partial charge in [0.05, 0.1) is 0 Å². The minimum atomic E-state index is -3.64. The Morgan fingerprint density at radius 3 is 2.30 bits per heavy atom. The van der Waals surface area contributed by atoms with Crippen molar-refractivity contribution in [3.8, 4) is 0 Å². The van der Waals surface area contributed by atoms with Crippen LogP contribution < -0.4 is 0 Å². The van der Waals surface area contributed by atoms with Crippen molar-refractivity contribution < 1.29 is 18.3 Å². The Balaban J connectivity index is 2.18. The molecule has 0 spiro atoms. The van der Waals surface area contributed by atoms with Gasteiger partial charge >= 0.3 is 5.97 Å². The smallest absolute Gasteiger partial charge is 0.322 e. The first kappa shape index (κ1) is 15.7. The van der Waals surface area contributed by atoms with Gasteiger partial charge < -0.3 is 5.11 Å². The van der Waals surface area contributed by atoms with E-state index in [-0.39, 0.29) is 0 Å². The number of nitrogens with zero attached hydrogens (tertiary/aromatic N) is 2. The Labute approximate surface area is 120 Å². The number of rotatable bonds is 3. The Morgan fingerprint density at radius 1 is 1.05 bits per heavy atom. The van der Waals surface area contributed by atoms with E-state index >= 15 is 0 Å². The lowest BCUT2D eigenvalue weighted by Gasteiger charge is -2.35. The van der Waals surface area contributed by atoms with Crippen molar-refractivity contribution in [1.82, 2.24) is 8.61 Å². The van der Waals surface area contributed by atoms with E-state index in [4.69, 9.17) is 0 Å². The summed E-state index contributed by atoms with van der Waals surface area (Å²) in [6, 6.07) is -0.901. The number of carbonyl (C=O) groups is 1. The number of hydrogen-bond donors (Lipinski definition) is 1. The van der Waals surface area contributed by atoms with Gasteiger partial charge in [0.2, 0.25) is 0 Å². The third kappa shape index (κ3) is 3.32. The average Bonchev–Trinajstić information content (AvgIpc) is 2.65. The fourth-order valence-electron chi connectivity index (χ4n) is 2.97. The fraction of sp³-hybridized carbons (Fsp3) is 0.923. The first-order valence-corrected chi connectivity index (χ1v) is 8.82. The van der Waals surface area contributed by atoms with Crippen molar-refractivity contribution in [1.29, 1.82) is 0 Å². The van der Waals surface area contributed by atoms with E-state index in [1.165, 1.54) is 8.61 Å². The fourth-order valence-corrected chi connectivity index (χ4v) is 4.81. The SMILES string of the molecule is CC1CCN(S(=O)(=O)N2CCCCCC2C(=O)O)CC1. The lowest BCUT2D eigenvalue weighted by molar-refractivity contribution is -0.141. The molecule has 20 heavy (non-hydrogen) atoms. The molecule has 2 fully saturated rings. The van der Waals surface area contributed by atoms with Gasteiger partial charge in [0.1, 0.15) is 6.04 Å². The molecule has 0 radical (unpaired) electrons. The molecule has 1 unspecified atom stereocenters. The molecule has 0 aliphatic carbocycles. The molecule has 2 saturated heterocycles. The van der Waals surface area contributed by atoms with Crippen LogP contribution in [-0.2, 0) is 15.0 Å². The molecular weight excluding hydrogens is 280 g/mol. The number of aliphatic carboxylic acids is 1. The highest BCUT2D eigenvalue weighted by molar-refractivity contribution is 7.86. The van der Waals surface area contributed by atoms with Crippen LogP contribution in [0.15, 0.2) is 0 Å². The first-order valence-electron chi connectivity index (χ1n) is 7.42. The molecule has 2 heterocycles. The Kier molecular flexibility index (Phi) is 5.04. The van der Waals surface area contributed by atoms with E-state index < -0.39 is 22.2 Å². The van der Waals surface area contributed by atoms with Crippen molar-refractivity contribution >= 4 is 16.2 Å². The minimum absolute atomic E-state index is 0.325. The van der Waals surface area contributed by atoms with E-state index in [0.29, 0.717) is 32.0 Å². The monoisotopic (exact) mass is 304 g/mol. The van der Waals surface area contributed by atoms with Gasteiger partial charge in [-0.25, -0.2) is 0 Å². The van der Waals surface area contributed by atoms with Crippen LogP contribution in [0.1, 0.15) is 45.4 Å². The van der Waals surface area contributed by atoms with Crippen molar-refractivity contribution in [2.75, 3.05) is 19.6 Å². The molecule has 0 aromatic rings. The van der Waals surface area contributed by atoms with Crippen LogP contribution in [0.5, 0.6) is 0 Å². The summed E-state index contributed by atoms with van der Waals surface area (Å²) in [6.07, 6.45) is 4.54. The van der Waals surface area contributed by atoms with Crippen LogP contribution in [0.2, 0.25) is 0 Å². The second-order valence-corrected chi connectivity index (χ2v) is 7.78. The predicted octanol–water partition coefficient (Wildman–Crippen LogP) is 1.29. The topological polar surface area (TPSA) is 77.9 Å². The van der Waals surface area contributed by atoms with Gasteiger partial charge in [-0.05, 0) is 31.6 Å². The molecule has 0 aromatic carbocycles. The van der Waals surface area contributed by atoms with Gasteiger partial charge in [-0.15, -0.1) is 0 Å². The summed E-state index contributed by atoms with van der Waals surface area (Å²) >= 11 is 0. The molecule has 1 atom stereocenters. The molecule has 116 valence electrons. The second-order valence-electron chi connectivity index (χ2n) is 5.90. The van der Waals surface area contributed by atoms with Crippen molar-refractivity contribution in [2.45, 2.75) is 51.5 Å². The van der Waals surface area contributed by atoms with E-state index in [1.807, 2.05) is 0 Å². The van der Waals surface area contributed by atoms with Gasteiger partial charge in [-0.1, -0.05) is 19.8 Å². The third-order valence-electron chi connectivity index (χ3n) is 4.35. The molecule has 2 aliphatic rings. The maximum absolute atomic E-state index is 12.7. The molecule has 2 aliphatic heterocycles. The van der Waals surface area contributed by atoms with Gasteiger partial charge in [0.15, 0.2) is 0 Å². The lowest BCUT2D eigenvalue weighted by atomic mass is 10.0. The highest BCUT2D eigenvalue weighted by Gasteiger charge is 2.39. The number of piperidine rings is 1. The molecule has 1 N–H and O–H groups in total. The molecule has 7 heteroatoms. The van der Waals surface area contributed by atoms with E-state index in [2.05, 4.69) is 6.92 Å². The van der Waals surface area contributed by atoms with E-state index in [1.54, 1.807) is 0 Å². The van der Waals surface area contributed by atoms with Crippen LogP contribution in [0.3, 0.4) is 0 Å². The van der Waals surface area contributed by atoms with Crippen molar-refractivity contribution in [3.63, 3.8) is 0 Å². The normalized spacial score (nSPS) is 28.1. The van der Waals surface area contributed by atoms with Crippen molar-refractivity contribution in [3.05, 3.63) is 0 Å². The molecule has 0 bridgehead atoms. The maximum Gasteiger partial charge on any atom is 0.322 e. The third-order valence-corrected chi connectivity index (χ3v) is 6.40. The summed E-state index contributed by atoms with van der Waals surface area (Å²) in [7, 11) is -3.64. The zero-order valence-electron chi connectivity index (χ0n) is 12.0. The number of carboxylic acid groups (broad SMARTS) is 1. The summed E-state index contributed by atoms with van der Waals surface area (Å²) in [5.41, 5.74) is 0. The summed E-state index contributed by atoms with van der Waals surface area (Å²) in [5.74, 6) is -0.485. The van der Waals surface area contributed by atoms with Gasteiger partial charge in [0, 0.05) is 19.6 Å². The number of hydrogen-bond acceptors (Lipinski definition) is 3. The average molecular weight is 304 g/mol. The Bertz CT molecular complexity index is 443. The first-order chi connectivity index (χ1) is 9.43. The van der Waals surface area contributed by atoms with Gasteiger partial charge in [-0.3, -0.25) is 4.79 Å². The highest BCUT2D eigenvalue weighted by Crippen LogP contribution is 2.26. The van der Waals surface area contributed by atoms with E-state index in [0.717, 1.165) is 32.1 Å². The molecule has 6 nitrogen and oxygen atoms in total. The lowest BCUT2D eigenvalue weighted by Crippen LogP contribution is -2.52. The Hall–Kier alpha value is -0.660. The Morgan fingerprint density at radius 2 is 1.70 bits per heavy atom. The highest BCUT2D eigenvalue weighted by atomic mass is 32.2. The largest absolute Gasteiger partial charge is 0.480 e. The molecule has 0 aromatic heterocycles. The molecular formula is C13H24N2O4S. The minimum Gasteiger partial charge on any atom is -0.480 e. The van der Waals surface area contributed by atoms with Crippen LogP contribution in [0.25, 0.3) is 0 Å². The van der Waals surface area contributed by atoms with Crippen LogP contribution in [-0.4, -0.2) is 53.8 Å². The molecule has 0 amide bonds. The standard InChI is InChI=1S/C13H24N2O4S/c1-11-6-9-14(10-7-11)20(18,19)15-8-4-2-3-5-12(15)13(16)17/h11-12H,2-10H2,1H3,(H,16,17). The van der Waals surface area contributed by atoms with Crippen LogP contribution in [0.4, 0.5) is 0 Å². The number of carboxylic acids is 1. The zero-order chi connectivity index (χ0) is 14.8. The van der Waals surface area contributed by atoms with Gasteiger partial charge in [0.25, 0.3) is 10.2 Å². The van der Waals surface area contributed by atoms with Crippen LogP contribution in [0, 0.1) is 5.92 Å². The van der Waals surface area contributed by atoms with E-state index in [9.17, 15) is 18.3 Å². The summed E-state index contributed by atoms with van der Waals surface area (Å²) in [4.78, 5) is 11.4. The summed E-state index contributed by atoms with van der Waals surface area (Å²) < 4.78 is 28.1. The van der Waals surface area contributed by atoms with Crippen molar-refractivity contribution in [2.24, 2.45) is 5.92 Å².